The van der Waals surface area contributed by atoms with Gasteiger partial charge in [-0.25, -0.2) is 0 Å². The van der Waals surface area contributed by atoms with E-state index in [1.54, 1.807) is 20.5 Å². The van der Waals surface area contributed by atoms with E-state index in [4.69, 9.17) is 4.74 Å². The molecule has 0 saturated heterocycles. The first-order valence-electron chi connectivity index (χ1n) is 8.82. The molecule has 8 heteroatoms. The fourth-order valence-corrected chi connectivity index (χ4v) is 2.79. The summed E-state index contributed by atoms with van der Waals surface area (Å²) in [4.78, 5) is 4.27. The molecule has 1 heterocycles. The number of nitrogens with one attached hydrogen (secondary N) is 2. The summed E-state index contributed by atoms with van der Waals surface area (Å²) < 4.78 is 7.34. The van der Waals surface area contributed by atoms with Crippen LogP contribution in [-0.2, 0) is 13.0 Å². The molecule has 148 valence electrons. The fraction of sp³-hybridized carbons (Fsp3) is 0.250. The minimum atomic E-state index is 0. The van der Waals surface area contributed by atoms with Gasteiger partial charge in [0, 0.05) is 19.3 Å². The number of ether oxygens (including phenoxy) is 1. The van der Waals surface area contributed by atoms with Gasteiger partial charge in [-0.05, 0) is 30.2 Å². The van der Waals surface area contributed by atoms with Gasteiger partial charge in [0.15, 0.2) is 11.8 Å². The van der Waals surface area contributed by atoms with Crippen molar-refractivity contribution in [2.75, 3.05) is 20.7 Å². The normalized spacial score (nSPS) is 10.9. The van der Waals surface area contributed by atoms with Gasteiger partial charge in [0.05, 0.1) is 13.7 Å². The number of hydrogen-bond donors (Lipinski definition) is 2. The molecule has 0 saturated carbocycles. The van der Waals surface area contributed by atoms with Gasteiger partial charge in [-0.15, -0.1) is 34.2 Å². The summed E-state index contributed by atoms with van der Waals surface area (Å²) in [5, 5.41) is 14.8. The van der Waals surface area contributed by atoms with E-state index in [1.165, 1.54) is 0 Å². The van der Waals surface area contributed by atoms with Crippen LogP contribution >= 0.6 is 24.0 Å². The van der Waals surface area contributed by atoms with Crippen molar-refractivity contribution in [1.82, 2.24) is 25.4 Å². The van der Waals surface area contributed by atoms with Gasteiger partial charge in [-0.3, -0.25) is 9.56 Å². The van der Waals surface area contributed by atoms with Crippen LogP contribution in [0.5, 0.6) is 5.75 Å². The number of benzene rings is 2. The lowest BCUT2D eigenvalue weighted by Crippen LogP contribution is -2.38. The Bertz CT molecular complexity index is 881. The average molecular weight is 492 g/mol. The Kier molecular flexibility index (Phi) is 8.73. The molecule has 0 fully saturated rings. The minimum absolute atomic E-state index is 0. The molecule has 0 unspecified atom stereocenters. The highest BCUT2D eigenvalue weighted by atomic mass is 127. The third-order valence-electron chi connectivity index (χ3n) is 4.17. The molecule has 28 heavy (non-hydrogen) atoms. The topological polar surface area (TPSA) is 76.4 Å². The Morgan fingerprint density at radius 2 is 1.82 bits per heavy atom. The van der Waals surface area contributed by atoms with Gasteiger partial charge in [-0.1, -0.05) is 36.4 Å². The Labute approximate surface area is 182 Å². The molecule has 7 nitrogen and oxygen atoms in total. The van der Waals surface area contributed by atoms with Gasteiger partial charge in [-0.2, -0.15) is 0 Å². The molecule has 0 atom stereocenters. The number of rotatable bonds is 7. The monoisotopic (exact) mass is 492 g/mol. The summed E-state index contributed by atoms with van der Waals surface area (Å²) >= 11 is 0. The number of aliphatic imine (C=N–C) groups is 1. The number of para-hydroxylation sites is 2. The largest absolute Gasteiger partial charge is 0.496 e. The van der Waals surface area contributed by atoms with E-state index in [9.17, 15) is 0 Å². The van der Waals surface area contributed by atoms with E-state index in [-0.39, 0.29) is 24.0 Å². The molecule has 0 aliphatic heterocycles. The molecule has 1 aromatic heterocycles. The zero-order valence-corrected chi connectivity index (χ0v) is 18.3. The Balaban J connectivity index is 0.00000280. The van der Waals surface area contributed by atoms with Gasteiger partial charge in [0.1, 0.15) is 12.1 Å². The molecule has 0 bridgehead atoms. The second kappa shape index (κ2) is 11.3. The van der Waals surface area contributed by atoms with Crippen LogP contribution in [0.3, 0.4) is 0 Å². The standard InChI is InChI=1S/C20H24N6O.HI/c1-21-20(22-13-12-16-8-6-7-11-18(16)27-2)23-14-19-25-24-15-26(19)17-9-4-3-5-10-17;/h3-11,15H,12-14H2,1-2H3,(H2,21,22,23);1H. The third-order valence-corrected chi connectivity index (χ3v) is 4.17. The summed E-state index contributed by atoms with van der Waals surface area (Å²) in [5.74, 6) is 2.43. The average Bonchev–Trinajstić information content (AvgIpc) is 3.20. The van der Waals surface area contributed by atoms with Crippen LogP contribution < -0.4 is 15.4 Å². The quantitative estimate of drug-likeness (QED) is 0.302. The maximum atomic E-state index is 5.39. The molecular weight excluding hydrogens is 467 g/mol. The lowest BCUT2D eigenvalue weighted by atomic mass is 10.1. The Morgan fingerprint density at radius 3 is 2.57 bits per heavy atom. The van der Waals surface area contributed by atoms with Gasteiger partial charge >= 0.3 is 0 Å². The van der Waals surface area contributed by atoms with Crippen molar-refractivity contribution in [3.05, 3.63) is 72.3 Å². The lowest BCUT2D eigenvalue weighted by Gasteiger charge is -2.13. The van der Waals surface area contributed by atoms with Gasteiger partial charge < -0.3 is 15.4 Å². The number of methoxy groups -OCH3 is 1. The second-order valence-corrected chi connectivity index (χ2v) is 5.87. The van der Waals surface area contributed by atoms with Crippen LogP contribution in [-0.4, -0.2) is 41.4 Å². The first-order chi connectivity index (χ1) is 13.3. The van der Waals surface area contributed by atoms with E-state index in [0.29, 0.717) is 12.5 Å². The maximum Gasteiger partial charge on any atom is 0.191 e. The summed E-state index contributed by atoms with van der Waals surface area (Å²) in [6.45, 7) is 1.26. The Morgan fingerprint density at radius 1 is 1.07 bits per heavy atom. The first-order valence-corrected chi connectivity index (χ1v) is 8.82. The molecule has 3 aromatic rings. The van der Waals surface area contributed by atoms with Crippen molar-refractivity contribution in [3.63, 3.8) is 0 Å². The molecular formula is C20H25IN6O. The van der Waals surface area contributed by atoms with Crippen LogP contribution in [0, 0.1) is 0 Å². The van der Waals surface area contributed by atoms with Crippen LogP contribution in [0.2, 0.25) is 0 Å². The van der Waals surface area contributed by atoms with Gasteiger partial charge in [0.2, 0.25) is 0 Å². The lowest BCUT2D eigenvalue weighted by molar-refractivity contribution is 0.409. The number of guanidine groups is 1. The van der Waals surface area contributed by atoms with Crippen molar-refractivity contribution in [1.29, 1.82) is 0 Å². The minimum Gasteiger partial charge on any atom is -0.496 e. The number of nitrogens with zero attached hydrogens (tertiary/aromatic N) is 4. The first kappa shape index (κ1) is 21.7. The van der Waals surface area contributed by atoms with E-state index in [0.717, 1.165) is 35.8 Å². The highest BCUT2D eigenvalue weighted by molar-refractivity contribution is 14.0. The van der Waals surface area contributed by atoms with Crippen LogP contribution in [0.25, 0.3) is 5.69 Å². The van der Waals surface area contributed by atoms with Crippen molar-refractivity contribution in [2.24, 2.45) is 4.99 Å². The molecule has 0 aliphatic carbocycles. The van der Waals surface area contributed by atoms with E-state index < -0.39 is 0 Å². The molecule has 0 radical (unpaired) electrons. The third kappa shape index (κ3) is 5.69. The van der Waals surface area contributed by atoms with E-state index in [2.05, 4.69) is 31.9 Å². The van der Waals surface area contributed by atoms with E-state index >= 15 is 0 Å². The zero-order valence-electron chi connectivity index (χ0n) is 16.0. The predicted octanol–water partition coefficient (Wildman–Crippen LogP) is 2.80. The van der Waals surface area contributed by atoms with Crippen LogP contribution in [0.15, 0.2) is 65.9 Å². The SMILES string of the molecule is CN=C(NCCc1ccccc1OC)NCc1nncn1-c1ccccc1.I. The summed E-state index contributed by atoms with van der Waals surface area (Å²) in [5.41, 5.74) is 2.19. The molecule has 0 amide bonds. The fourth-order valence-electron chi connectivity index (χ4n) is 2.79. The molecule has 2 N–H and O–H groups in total. The maximum absolute atomic E-state index is 5.39. The summed E-state index contributed by atoms with van der Waals surface area (Å²) in [6, 6.07) is 18.0. The number of aromatic nitrogens is 3. The van der Waals surface area contributed by atoms with Crippen molar-refractivity contribution in [3.8, 4) is 11.4 Å². The summed E-state index contributed by atoms with van der Waals surface area (Å²) in [7, 11) is 3.44. The molecule has 2 aromatic carbocycles. The van der Waals surface area contributed by atoms with Crippen LogP contribution in [0.1, 0.15) is 11.4 Å². The predicted molar refractivity (Wildman–Crippen MR) is 122 cm³/mol. The van der Waals surface area contributed by atoms with Crippen molar-refractivity contribution >= 4 is 29.9 Å². The highest BCUT2D eigenvalue weighted by Gasteiger charge is 2.07. The van der Waals surface area contributed by atoms with Crippen molar-refractivity contribution < 1.29 is 4.74 Å². The van der Waals surface area contributed by atoms with Gasteiger partial charge in [0.25, 0.3) is 0 Å². The second-order valence-electron chi connectivity index (χ2n) is 5.87. The highest BCUT2D eigenvalue weighted by Crippen LogP contribution is 2.17. The van der Waals surface area contributed by atoms with E-state index in [1.807, 2.05) is 53.1 Å². The smallest absolute Gasteiger partial charge is 0.191 e. The van der Waals surface area contributed by atoms with Crippen molar-refractivity contribution in [2.45, 2.75) is 13.0 Å². The molecule has 3 rings (SSSR count). The number of hydrogen-bond acceptors (Lipinski definition) is 4. The zero-order chi connectivity index (χ0) is 18.9. The summed E-state index contributed by atoms with van der Waals surface area (Å²) in [6.07, 6.45) is 2.55. The molecule has 0 spiro atoms. The van der Waals surface area contributed by atoms with Crippen LogP contribution in [0.4, 0.5) is 0 Å². The molecule has 0 aliphatic rings. The Hall–Kier alpha value is -2.62. The number of halogens is 1.